The average molecular weight is 672 g/mol. The van der Waals surface area contributed by atoms with Gasteiger partial charge in [-0.1, -0.05) is 92.7 Å². The Morgan fingerprint density at radius 2 is 1.46 bits per heavy atom. The monoisotopic (exact) mass is 671 g/mol. The van der Waals surface area contributed by atoms with Gasteiger partial charge in [-0.25, -0.2) is 4.68 Å². The molecule has 1 amide bonds. The first-order valence-corrected chi connectivity index (χ1v) is 16.5. The van der Waals surface area contributed by atoms with Gasteiger partial charge >= 0.3 is 6.18 Å². The van der Waals surface area contributed by atoms with Gasteiger partial charge in [0.1, 0.15) is 12.2 Å². The normalized spacial score (nSPS) is 11.7. The molecule has 1 heterocycles. The fraction of sp³-hybridized carbons (Fsp3) is 0.353. The highest BCUT2D eigenvalue weighted by Crippen LogP contribution is 2.31. The predicted molar refractivity (Wildman–Crippen MR) is 177 cm³/mol. The molecule has 4 aromatic rings. The van der Waals surface area contributed by atoms with Crippen LogP contribution in [-0.2, 0) is 36.2 Å². The fourth-order valence-electron chi connectivity index (χ4n) is 4.80. The van der Waals surface area contributed by atoms with Crippen LogP contribution < -0.4 is 5.56 Å². The molecule has 0 bridgehead atoms. The molecular weight excluding hydrogens is 635 g/mol. The number of carbonyl (C=O) groups is 1. The summed E-state index contributed by atoms with van der Waals surface area (Å²) in [5.74, 6) is 0.342. The molecule has 0 spiro atoms. The quantitative estimate of drug-likeness (QED) is 0.132. The van der Waals surface area contributed by atoms with E-state index in [1.807, 2.05) is 43.3 Å². The number of aryl methyl sites for hydroxylation is 1. The first kappa shape index (κ1) is 35.2. The standard InChI is InChI=1S/C34H37ClF3N5O2S/c1-4-30-32(45)39-33(46-23-25-9-17-29(35)18-10-25)43(40-30)22-31(44)42(20-19-41(5-2)6-3)21-24-7-11-26(12-8-24)27-13-15-28(16-14-27)34(36,37)38/h7-18H,4-6,19-23H2,1-3H3. The van der Waals surface area contributed by atoms with Crippen LogP contribution >= 0.6 is 23.4 Å². The number of alkyl halides is 3. The zero-order valence-electron chi connectivity index (χ0n) is 26.1. The van der Waals surface area contributed by atoms with Gasteiger partial charge in [-0.2, -0.15) is 23.3 Å². The second kappa shape index (κ2) is 16.2. The Hall–Kier alpha value is -3.67. The van der Waals surface area contributed by atoms with Crippen molar-refractivity contribution in [3.63, 3.8) is 0 Å². The number of rotatable bonds is 14. The van der Waals surface area contributed by atoms with E-state index in [1.54, 1.807) is 17.0 Å². The lowest BCUT2D eigenvalue weighted by Gasteiger charge is -2.27. The molecule has 0 atom stereocenters. The lowest BCUT2D eigenvalue weighted by Crippen LogP contribution is -2.40. The molecule has 0 aliphatic rings. The van der Waals surface area contributed by atoms with Gasteiger partial charge in [0.15, 0.2) is 5.16 Å². The topological polar surface area (TPSA) is 71.3 Å². The molecule has 0 saturated heterocycles. The molecule has 0 radical (unpaired) electrons. The van der Waals surface area contributed by atoms with Gasteiger partial charge in [0.2, 0.25) is 5.91 Å². The van der Waals surface area contributed by atoms with Crippen LogP contribution in [-0.4, -0.2) is 56.7 Å². The summed E-state index contributed by atoms with van der Waals surface area (Å²) < 4.78 is 40.5. The van der Waals surface area contributed by atoms with Gasteiger partial charge in [0.05, 0.1) is 5.56 Å². The Balaban J connectivity index is 1.55. The maximum absolute atomic E-state index is 13.9. The second-order valence-electron chi connectivity index (χ2n) is 10.7. The minimum Gasteiger partial charge on any atom is -0.335 e. The zero-order chi connectivity index (χ0) is 33.3. The van der Waals surface area contributed by atoms with Gasteiger partial charge in [0.25, 0.3) is 5.56 Å². The molecule has 0 saturated carbocycles. The van der Waals surface area contributed by atoms with Crippen molar-refractivity contribution in [1.29, 1.82) is 0 Å². The van der Waals surface area contributed by atoms with Gasteiger partial charge < -0.3 is 9.80 Å². The third-order valence-corrected chi connectivity index (χ3v) is 8.90. The maximum atomic E-state index is 13.9. The Kier molecular flexibility index (Phi) is 12.4. The van der Waals surface area contributed by atoms with E-state index in [-0.39, 0.29) is 18.1 Å². The Morgan fingerprint density at radius 3 is 2.02 bits per heavy atom. The van der Waals surface area contributed by atoms with Crippen molar-refractivity contribution in [1.82, 2.24) is 24.6 Å². The van der Waals surface area contributed by atoms with Crippen LogP contribution in [0.1, 0.15) is 43.2 Å². The highest BCUT2D eigenvalue weighted by molar-refractivity contribution is 7.98. The number of thioether (sulfide) groups is 1. The Morgan fingerprint density at radius 1 is 0.870 bits per heavy atom. The fourth-order valence-corrected chi connectivity index (χ4v) is 5.81. The Labute approximate surface area is 276 Å². The number of hydrogen-bond acceptors (Lipinski definition) is 6. The highest BCUT2D eigenvalue weighted by Gasteiger charge is 2.30. The van der Waals surface area contributed by atoms with E-state index < -0.39 is 17.3 Å². The lowest BCUT2D eigenvalue weighted by atomic mass is 10.0. The molecule has 7 nitrogen and oxygen atoms in total. The molecule has 244 valence electrons. The molecule has 46 heavy (non-hydrogen) atoms. The molecule has 0 unspecified atom stereocenters. The van der Waals surface area contributed by atoms with Crippen molar-refractivity contribution in [3.05, 3.63) is 111 Å². The van der Waals surface area contributed by atoms with E-state index >= 15 is 0 Å². The Bertz CT molecular complexity index is 1640. The first-order valence-electron chi connectivity index (χ1n) is 15.1. The van der Waals surface area contributed by atoms with Crippen LogP contribution in [0.5, 0.6) is 0 Å². The minimum atomic E-state index is -4.39. The van der Waals surface area contributed by atoms with E-state index in [1.165, 1.54) is 28.6 Å². The summed E-state index contributed by atoms with van der Waals surface area (Å²) in [4.78, 5) is 34.8. The number of benzene rings is 3. The highest BCUT2D eigenvalue weighted by atomic mass is 35.5. The van der Waals surface area contributed by atoms with E-state index in [0.717, 1.165) is 41.9 Å². The number of carbonyl (C=O) groups excluding carboxylic acids is 1. The number of halogens is 4. The number of aromatic nitrogens is 3. The van der Waals surface area contributed by atoms with Crippen LogP contribution in [0.15, 0.2) is 82.7 Å². The largest absolute Gasteiger partial charge is 0.416 e. The number of hydrogen-bond donors (Lipinski definition) is 0. The van der Waals surface area contributed by atoms with Crippen LogP contribution in [0.25, 0.3) is 11.1 Å². The van der Waals surface area contributed by atoms with Crippen LogP contribution in [0.3, 0.4) is 0 Å². The van der Waals surface area contributed by atoms with Crippen LogP contribution in [0, 0.1) is 0 Å². The molecular formula is C34H37ClF3N5O2S. The smallest absolute Gasteiger partial charge is 0.335 e. The van der Waals surface area contributed by atoms with Crippen molar-refractivity contribution in [2.45, 2.75) is 57.4 Å². The van der Waals surface area contributed by atoms with Crippen molar-refractivity contribution >= 4 is 29.3 Å². The molecule has 0 fully saturated rings. The summed E-state index contributed by atoms with van der Waals surface area (Å²) in [5.41, 5.74) is 2.49. The van der Waals surface area contributed by atoms with Gasteiger partial charge in [-0.15, -0.1) is 0 Å². The first-order chi connectivity index (χ1) is 22.0. The molecule has 0 aliphatic heterocycles. The van der Waals surface area contributed by atoms with Gasteiger partial charge in [-0.3, -0.25) is 9.59 Å². The molecule has 3 aromatic carbocycles. The van der Waals surface area contributed by atoms with E-state index in [9.17, 15) is 22.8 Å². The van der Waals surface area contributed by atoms with E-state index in [4.69, 9.17) is 11.6 Å². The van der Waals surface area contributed by atoms with Crippen LogP contribution in [0.2, 0.25) is 5.02 Å². The molecule has 1 aromatic heterocycles. The third kappa shape index (κ3) is 9.67. The molecule has 4 rings (SSSR count). The summed E-state index contributed by atoms with van der Waals surface area (Å²) >= 11 is 7.35. The number of likely N-dealkylation sites (N-methyl/N-ethyl adjacent to an activating group) is 1. The van der Waals surface area contributed by atoms with Crippen molar-refractivity contribution in [2.75, 3.05) is 26.2 Å². The second-order valence-corrected chi connectivity index (χ2v) is 12.1. The predicted octanol–water partition coefficient (Wildman–Crippen LogP) is 7.20. The summed E-state index contributed by atoms with van der Waals surface area (Å²) in [6, 6.07) is 19.9. The third-order valence-electron chi connectivity index (χ3n) is 7.61. The number of amides is 1. The lowest BCUT2D eigenvalue weighted by molar-refractivity contribution is -0.137. The van der Waals surface area contributed by atoms with Crippen molar-refractivity contribution < 1.29 is 18.0 Å². The van der Waals surface area contributed by atoms with E-state index in [2.05, 4.69) is 28.8 Å². The molecule has 12 heteroatoms. The van der Waals surface area contributed by atoms with Crippen LogP contribution in [0.4, 0.5) is 13.2 Å². The average Bonchev–Trinajstić information content (AvgIpc) is 3.05. The maximum Gasteiger partial charge on any atom is 0.416 e. The number of nitrogens with zero attached hydrogens (tertiary/aromatic N) is 5. The van der Waals surface area contributed by atoms with E-state index in [0.29, 0.717) is 47.6 Å². The molecule has 0 N–H and O–H groups in total. The summed E-state index contributed by atoms with van der Waals surface area (Å²) in [7, 11) is 0. The van der Waals surface area contributed by atoms with Gasteiger partial charge in [0, 0.05) is 30.4 Å². The zero-order valence-corrected chi connectivity index (χ0v) is 27.6. The SMILES string of the molecule is CCc1nn(CC(=O)N(CCN(CC)CC)Cc2ccc(-c3ccc(C(F)(F)F)cc3)cc2)c(SCc2ccc(Cl)cc2)nc1=O. The van der Waals surface area contributed by atoms with Crippen molar-refractivity contribution in [3.8, 4) is 11.1 Å². The molecule has 0 aliphatic carbocycles. The summed E-state index contributed by atoms with van der Waals surface area (Å²) in [6.45, 7) is 9.04. The van der Waals surface area contributed by atoms with Crippen molar-refractivity contribution in [2.24, 2.45) is 0 Å². The summed E-state index contributed by atoms with van der Waals surface area (Å²) in [5, 5.41) is 5.50. The minimum absolute atomic E-state index is 0.0921. The van der Waals surface area contributed by atoms with Gasteiger partial charge in [-0.05, 0) is 66.0 Å². The summed E-state index contributed by atoms with van der Waals surface area (Å²) in [6.07, 6.45) is -4.00.